The number of pyridine rings is 1. The summed E-state index contributed by atoms with van der Waals surface area (Å²) < 4.78 is 30.0. The van der Waals surface area contributed by atoms with Gasteiger partial charge in [-0.25, -0.2) is 0 Å². The Labute approximate surface area is 196 Å². The van der Waals surface area contributed by atoms with E-state index in [1.54, 1.807) is 37.4 Å². The number of carbonyl (C=O) groups excluding carboxylic acids is 1. The third kappa shape index (κ3) is 4.91. The fourth-order valence-electron chi connectivity index (χ4n) is 3.82. The van der Waals surface area contributed by atoms with Crippen LogP contribution in [0.1, 0.15) is 32.6 Å². The molecule has 6 heteroatoms. The van der Waals surface area contributed by atoms with Gasteiger partial charge in [0.1, 0.15) is 0 Å². The van der Waals surface area contributed by atoms with E-state index < -0.39 is 18.4 Å². The molecule has 168 valence electrons. The first kappa shape index (κ1) is 22.9. The summed E-state index contributed by atoms with van der Waals surface area (Å²) in [6.07, 6.45) is 1.64. The molecule has 1 heterocycles. The Morgan fingerprint density at radius 1 is 0.939 bits per heavy atom. The fourth-order valence-corrected chi connectivity index (χ4v) is 4.85. The summed E-state index contributed by atoms with van der Waals surface area (Å²) >= 11 is 1.41. The van der Waals surface area contributed by atoms with E-state index in [0.717, 1.165) is 16.0 Å². The smallest absolute Gasteiger partial charge is 0.290 e. The molecule has 0 radical (unpaired) electrons. The van der Waals surface area contributed by atoms with Gasteiger partial charge in [0.15, 0.2) is 0 Å². The van der Waals surface area contributed by atoms with Gasteiger partial charge in [-0.15, -0.1) is 0 Å². The van der Waals surface area contributed by atoms with Crippen LogP contribution in [0.15, 0.2) is 82.7 Å². The molecule has 0 aliphatic rings. The third-order valence-corrected chi connectivity index (χ3v) is 6.74. The maximum Gasteiger partial charge on any atom is 0.290 e. The lowest BCUT2D eigenvalue weighted by atomic mass is 10.00. The molecular formula is C27H24F2N2OS. The molecule has 0 fully saturated rings. The average Bonchev–Trinajstić information content (AvgIpc) is 2.78. The summed E-state index contributed by atoms with van der Waals surface area (Å²) in [6, 6.07) is 19.9. The summed E-state index contributed by atoms with van der Waals surface area (Å²) in [5.74, 6) is -3.74. The van der Waals surface area contributed by atoms with Crippen LogP contribution < -0.4 is 5.32 Å². The lowest BCUT2D eigenvalue weighted by Gasteiger charge is -2.21. The van der Waals surface area contributed by atoms with Crippen molar-refractivity contribution in [2.24, 2.45) is 0 Å². The van der Waals surface area contributed by atoms with Crippen LogP contribution in [-0.2, 0) is 5.92 Å². The van der Waals surface area contributed by atoms with Crippen LogP contribution in [0.25, 0.3) is 10.9 Å². The zero-order valence-corrected chi connectivity index (χ0v) is 19.5. The van der Waals surface area contributed by atoms with E-state index in [2.05, 4.69) is 10.3 Å². The van der Waals surface area contributed by atoms with E-state index in [4.69, 9.17) is 0 Å². The van der Waals surface area contributed by atoms with Crippen molar-refractivity contribution < 1.29 is 13.6 Å². The largest absolute Gasteiger partial charge is 0.346 e. The summed E-state index contributed by atoms with van der Waals surface area (Å²) in [6.45, 7) is 4.71. The third-order valence-electron chi connectivity index (χ3n) is 5.53. The molecule has 0 unspecified atom stereocenters. The quantitative estimate of drug-likeness (QED) is 0.341. The summed E-state index contributed by atoms with van der Waals surface area (Å²) in [7, 11) is 0. The summed E-state index contributed by atoms with van der Waals surface area (Å²) in [4.78, 5) is 19.4. The highest BCUT2D eigenvalue weighted by molar-refractivity contribution is 7.99. The number of nitrogens with zero attached hydrogens (tertiary/aromatic N) is 1. The zero-order chi connectivity index (χ0) is 23.6. The number of para-hydroxylation sites is 1. The number of amides is 1. The molecule has 3 aromatic carbocycles. The molecule has 1 amide bonds. The van der Waals surface area contributed by atoms with Gasteiger partial charge in [0.2, 0.25) is 0 Å². The second-order valence-electron chi connectivity index (χ2n) is 8.09. The first-order valence-corrected chi connectivity index (χ1v) is 11.4. The molecule has 1 aromatic heterocycles. The maximum atomic E-state index is 15.0. The first-order valence-electron chi connectivity index (χ1n) is 10.6. The highest BCUT2D eigenvalue weighted by Crippen LogP contribution is 2.36. The summed E-state index contributed by atoms with van der Waals surface area (Å²) in [5, 5.41) is 3.11. The average molecular weight is 463 g/mol. The predicted octanol–water partition coefficient (Wildman–Crippen LogP) is 6.83. The van der Waals surface area contributed by atoms with Crippen molar-refractivity contribution in [2.45, 2.75) is 36.5 Å². The number of hydrogen-bond donors (Lipinski definition) is 1. The predicted molar refractivity (Wildman–Crippen MR) is 129 cm³/mol. The van der Waals surface area contributed by atoms with Crippen molar-refractivity contribution >= 4 is 28.6 Å². The van der Waals surface area contributed by atoms with Crippen molar-refractivity contribution in [3.05, 3.63) is 101 Å². The summed E-state index contributed by atoms with van der Waals surface area (Å²) in [5.41, 5.74) is 3.38. The number of nitrogens with one attached hydrogen (secondary N) is 1. The highest BCUT2D eigenvalue weighted by atomic mass is 32.2. The van der Waals surface area contributed by atoms with Gasteiger partial charge in [-0.05, 0) is 44.0 Å². The molecule has 0 aliphatic carbocycles. The molecule has 0 aliphatic heterocycles. The van der Waals surface area contributed by atoms with E-state index in [9.17, 15) is 4.79 Å². The molecule has 3 nitrogen and oxygen atoms in total. The molecule has 4 rings (SSSR count). The topological polar surface area (TPSA) is 42.0 Å². The number of halogens is 2. The van der Waals surface area contributed by atoms with Gasteiger partial charge in [-0.2, -0.15) is 8.78 Å². The first-order chi connectivity index (χ1) is 15.8. The van der Waals surface area contributed by atoms with Crippen LogP contribution in [0.3, 0.4) is 0 Å². The van der Waals surface area contributed by atoms with E-state index in [1.165, 1.54) is 17.8 Å². The van der Waals surface area contributed by atoms with Crippen LogP contribution in [0.2, 0.25) is 0 Å². The minimum Gasteiger partial charge on any atom is -0.346 e. The lowest BCUT2D eigenvalue weighted by molar-refractivity contribution is -0.00308. The SMILES string of the molecule is Cc1ccc(C(F)(F)CNC(=O)c2c(Sc3ccccc3C)cnc3ccccc23)c(C)c1. The molecule has 33 heavy (non-hydrogen) atoms. The number of benzene rings is 3. The molecule has 0 atom stereocenters. The maximum absolute atomic E-state index is 15.0. The van der Waals surface area contributed by atoms with Gasteiger partial charge in [-0.3, -0.25) is 9.78 Å². The molecule has 4 aromatic rings. The van der Waals surface area contributed by atoms with Crippen LogP contribution >= 0.6 is 11.8 Å². The Hall–Kier alpha value is -3.25. The highest BCUT2D eigenvalue weighted by Gasteiger charge is 2.34. The molecular weight excluding hydrogens is 438 g/mol. The van der Waals surface area contributed by atoms with E-state index in [1.807, 2.05) is 50.2 Å². The van der Waals surface area contributed by atoms with Crippen LogP contribution in [0, 0.1) is 20.8 Å². The van der Waals surface area contributed by atoms with Crippen molar-refractivity contribution in [1.29, 1.82) is 0 Å². The molecule has 1 N–H and O–H groups in total. The Kier molecular flexibility index (Phi) is 6.47. The Morgan fingerprint density at radius 3 is 2.42 bits per heavy atom. The number of alkyl halides is 2. The Morgan fingerprint density at radius 2 is 1.67 bits per heavy atom. The second-order valence-corrected chi connectivity index (χ2v) is 9.17. The van der Waals surface area contributed by atoms with Crippen molar-refractivity contribution in [3.8, 4) is 0 Å². The number of hydrogen-bond acceptors (Lipinski definition) is 3. The molecule has 0 saturated heterocycles. The molecule has 0 saturated carbocycles. The number of rotatable bonds is 6. The molecule has 0 bridgehead atoms. The molecule has 0 spiro atoms. The number of aromatic nitrogens is 1. The normalized spacial score (nSPS) is 11.5. The van der Waals surface area contributed by atoms with Crippen molar-refractivity contribution in [2.75, 3.05) is 6.54 Å². The van der Waals surface area contributed by atoms with Crippen LogP contribution in [0.5, 0.6) is 0 Å². The van der Waals surface area contributed by atoms with E-state index in [-0.39, 0.29) is 5.56 Å². The second kappa shape index (κ2) is 9.32. The minimum absolute atomic E-state index is 0.0810. The van der Waals surface area contributed by atoms with Crippen molar-refractivity contribution in [1.82, 2.24) is 10.3 Å². The van der Waals surface area contributed by atoms with Crippen LogP contribution in [0.4, 0.5) is 8.78 Å². The fraction of sp³-hybridized carbons (Fsp3) is 0.185. The zero-order valence-electron chi connectivity index (χ0n) is 18.7. The Balaban J connectivity index is 1.67. The van der Waals surface area contributed by atoms with Gasteiger partial charge in [0.25, 0.3) is 11.8 Å². The van der Waals surface area contributed by atoms with Gasteiger partial charge < -0.3 is 5.32 Å². The standard InChI is InChI=1S/C27H24F2N2OS/c1-17-12-13-21(19(3)14-17)27(28,29)16-31-26(32)25-20-9-5-6-10-22(20)30-15-24(25)33-23-11-7-4-8-18(23)2/h4-15H,16H2,1-3H3,(H,31,32). The van der Waals surface area contributed by atoms with E-state index in [0.29, 0.717) is 26.9 Å². The number of fused-ring (bicyclic) bond motifs is 1. The number of carbonyl (C=O) groups is 1. The lowest BCUT2D eigenvalue weighted by Crippen LogP contribution is -2.35. The number of aryl methyl sites for hydroxylation is 3. The van der Waals surface area contributed by atoms with Gasteiger partial charge in [0.05, 0.1) is 17.6 Å². The van der Waals surface area contributed by atoms with Gasteiger partial charge in [0, 0.05) is 26.9 Å². The van der Waals surface area contributed by atoms with Gasteiger partial charge in [-0.1, -0.05) is 71.9 Å². The van der Waals surface area contributed by atoms with Gasteiger partial charge >= 0.3 is 0 Å². The Bertz CT molecular complexity index is 1340. The van der Waals surface area contributed by atoms with E-state index >= 15 is 8.78 Å². The monoisotopic (exact) mass is 462 g/mol. The minimum atomic E-state index is -3.19. The van der Waals surface area contributed by atoms with Crippen molar-refractivity contribution in [3.63, 3.8) is 0 Å². The van der Waals surface area contributed by atoms with Crippen LogP contribution in [-0.4, -0.2) is 17.4 Å².